The van der Waals surface area contributed by atoms with Gasteiger partial charge in [-0.2, -0.15) is 0 Å². The lowest BCUT2D eigenvalue weighted by Gasteiger charge is -2.07. The molecule has 24 heavy (non-hydrogen) atoms. The van der Waals surface area contributed by atoms with E-state index >= 15 is 0 Å². The number of benzene rings is 1. The number of carbonyl (C=O) groups is 2. The standard InChI is InChI=1S/C15H14N2O7/c1-22-11-4-2-3-10(7-11)8-16-13(18)9-23-15(19)12-5-6-14(24-12)17(20)21/h2-7H,8-9H2,1H3,(H,16,18). The van der Waals surface area contributed by atoms with Crippen LogP contribution >= 0.6 is 0 Å². The highest BCUT2D eigenvalue weighted by Crippen LogP contribution is 2.16. The number of carbonyl (C=O) groups excluding carboxylic acids is 2. The number of rotatable bonds is 7. The lowest BCUT2D eigenvalue weighted by atomic mass is 10.2. The van der Waals surface area contributed by atoms with Crippen LogP contribution in [0.1, 0.15) is 16.1 Å². The van der Waals surface area contributed by atoms with Gasteiger partial charge >= 0.3 is 11.9 Å². The van der Waals surface area contributed by atoms with Crippen LogP contribution < -0.4 is 10.1 Å². The first kappa shape index (κ1) is 17.0. The van der Waals surface area contributed by atoms with E-state index in [9.17, 15) is 19.7 Å². The van der Waals surface area contributed by atoms with Crippen LogP contribution in [0.25, 0.3) is 0 Å². The predicted molar refractivity (Wildman–Crippen MR) is 80.5 cm³/mol. The molecule has 0 spiro atoms. The molecule has 0 aliphatic heterocycles. The number of nitro groups is 1. The lowest BCUT2D eigenvalue weighted by molar-refractivity contribution is -0.402. The molecule has 1 N–H and O–H groups in total. The number of hydrogen-bond donors (Lipinski definition) is 1. The molecule has 2 aromatic rings. The Morgan fingerprint density at radius 1 is 1.29 bits per heavy atom. The number of furan rings is 1. The van der Waals surface area contributed by atoms with Gasteiger partial charge in [0.25, 0.3) is 5.91 Å². The first-order valence-corrected chi connectivity index (χ1v) is 6.80. The van der Waals surface area contributed by atoms with Gasteiger partial charge in [0.15, 0.2) is 6.61 Å². The summed E-state index contributed by atoms with van der Waals surface area (Å²) in [6, 6.07) is 9.25. The van der Waals surface area contributed by atoms with Gasteiger partial charge in [-0.3, -0.25) is 14.9 Å². The maximum Gasteiger partial charge on any atom is 0.433 e. The molecule has 0 aliphatic rings. The maximum absolute atomic E-state index is 11.7. The van der Waals surface area contributed by atoms with E-state index in [1.54, 1.807) is 24.3 Å². The Morgan fingerprint density at radius 2 is 2.08 bits per heavy atom. The van der Waals surface area contributed by atoms with Crippen molar-refractivity contribution in [3.63, 3.8) is 0 Å². The highest BCUT2D eigenvalue weighted by Gasteiger charge is 2.19. The number of methoxy groups -OCH3 is 1. The van der Waals surface area contributed by atoms with E-state index < -0.39 is 29.3 Å². The van der Waals surface area contributed by atoms with Crippen molar-refractivity contribution in [2.24, 2.45) is 0 Å². The molecular formula is C15H14N2O7. The average Bonchev–Trinajstić information content (AvgIpc) is 3.08. The molecule has 0 aliphatic carbocycles. The molecule has 9 nitrogen and oxygen atoms in total. The normalized spacial score (nSPS) is 10.0. The van der Waals surface area contributed by atoms with Gasteiger partial charge < -0.3 is 19.2 Å². The van der Waals surface area contributed by atoms with Crippen LogP contribution in [-0.4, -0.2) is 30.5 Å². The Balaban J connectivity index is 1.79. The van der Waals surface area contributed by atoms with Crippen LogP contribution in [0.2, 0.25) is 0 Å². The number of ether oxygens (including phenoxy) is 2. The van der Waals surface area contributed by atoms with Gasteiger partial charge in [0, 0.05) is 6.54 Å². The van der Waals surface area contributed by atoms with Gasteiger partial charge in [0.1, 0.15) is 10.7 Å². The Hall–Kier alpha value is -3.36. The molecule has 0 saturated carbocycles. The second kappa shape index (κ2) is 7.77. The van der Waals surface area contributed by atoms with E-state index in [1.807, 2.05) is 0 Å². The maximum atomic E-state index is 11.7. The van der Waals surface area contributed by atoms with Crippen molar-refractivity contribution in [2.75, 3.05) is 13.7 Å². The van der Waals surface area contributed by atoms with E-state index in [-0.39, 0.29) is 12.3 Å². The van der Waals surface area contributed by atoms with E-state index in [4.69, 9.17) is 9.47 Å². The van der Waals surface area contributed by atoms with E-state index in [0.717, 1.165) is 17.7 Å². The number of nitrogens with zero attached hydrogens (tertiary/aromatic N) is 1. The highest BCUT2D eigenvalue weighted by atomic mass is 16.7. The number of hydrogen-bond acceptors (Lipinski definition) is 7. The minimum atomic E-state index is -0.959. The fourth-order valence-corrected chi connectivity index (χ4v) is 1.77. The molecule has 126 valence electrons. The molecule has 1 aromatic heterocycles. The van der Waals surface area contributed by atoms with Crippen LogP contribution in [0, 0.1) is 10.1 Å². The zero-order valence-electron chi connectivity index (χ0n) is 12.7. The van der Waals surface area contributed by atoms with Crippen molar-refractivity contribution < 1.29 is 28.4 Å². The topological polar surface area (TPSA) is 121 Å². The zero-order chi connectivity index (χ0) is 17.5. The number of amides is 1. The summed E-state index contributed by atoms with van der Waals surface area (Å²) in [4.78, 5) is 32.9. The summed E-state index contributed by atoms with van der Waals surface area (Å²) in [7, 11) is 1.54. The van der Waals surface area contributed by atoms with Gasteiger partial charge in [-0.1, -0.05) is 12.1 Å². The zero-order valence-corrected chi connectivity index (χ0v) is 12.7. The minimum absolute atomic E-state index is 0.236. The fourth-order valence-electron chi connectivity index (χ4n) is 1.77. The van der Waals surface area contributed by atoms with Crippen LogP contribution in [0.4, 0.5) is 5.88 Å². The molecular weight excluding hydrogens is 320 g/mol. The van der Waals surface area contributed by atoms with Gasteiger partial charge in [-0.15, -0.1) is 0 Å². The molecule has 0 radical (unpaired) electrons. The third-order valence-corrected chi connectivity index (χ3v) is 2.93. The lowest BCUT2D eigenvalue weighted by Crippen LogP contribution is -2.28. The molecule has 1 aromatic carbocycles. The van der Waals surface area contributed by atoms with Crippen molar-refractivity contribution >= 4 is 17.8 Å². The van der Waals surface area contributed by atoms with Crippen LogP contribution in [0.15, 0.2) is 40.8 Å². The molecule has 0 atom stereocenters. The molecule has 9 heteroatoms. The van der Waals surface area contributed by atoms with Gasteiger partial charge in [0.2, 0.25) is 5.76 Å². The van der Waals surface area contributed by atoms with E-state index in [2.05, 4.69) is 9.73 Å². The van der Waals surface area contributed by atoms with Crippen molar-refractivity contribution in [1.29, 1.82) is 0 Å². The summed E-state index contributed by atoms with van der Waals surface area (Å²) >= 11 is 0. The molecule has 1 heterocycles. The third kappa shape index (κ3) is 4.57. The monoisotopic (exact) mass is 334 g/mol. The number of nitrogens with one attached hydrogen (secondary N) is 1. The molecule has 2 rings (SSSR count). The molecule has 0 unspecified atom stereocenters. The first-order chi connectivity index (χ1) is 11.5. The van der Waals surface area contributed by atoms with Crippen LogP contribution in [0.3, 0.4) is 0 Å². The minimum Gasteiger partial charge on any atom is -0.497 e. The quantitative estimate of drug-likeness (QED) is 0.464. The fraction of sp³-hybridized carbons (Fsp3) is 0.200. The second-order valence-corrected chi connectivity index (χ2v) is 4.60. The summed E-state index contributed by atoms with van der Waals surface area (Å²) in [6.45, 7) is -0.295. The Morgan fingerprint density at radius 3 is 2.75 bits per heavy atom. The highest BCUT2D eigenvalue weighted by molar-refractivity contribution is 5.89. The SMILES string of the molecule is COc1cccc(CNC(=O)COC(=O)c2ccc([N+](=O)[O-])o2)c1. The Kier molecular flexibility index (Phi) is 5.50. The molecule has 0 saturated heterocycles. The molecule has 0 bridgehead atoms. The van der Waals surface area contributed by atoms with Gasteiger partial charge in [-0.25, -0.2) is 4.79 Å². The van der Waals surface area contributed by atoms with Crippen molar-refractivity contribution in [2.45, 2.75) is 6.54 Å². The summed E-state index contributed by atoms with van der Waals surface area (Å²) < 4.78 is 14.5. The van der Waals surface area contributed by atoms with E-state index in [1.165, 1.54) is 7.11 Å². The van der Waals surface area contributed by atoms with Crippen LogP contribution in [0.5, 0.6) is 5.75 Å². The number of esters is 1. The average molecular weight is 334 g/mol. The van der Waals surface area contributed by atoms with Gasteiger partial charge in [-0.05, 0) is 23.8 Å². The van der Waals surface area contributed by atoms with Crippen molar-refractivity contribution in [3.8, 4) is 5.75 Å². The largest absolute Gasteiger partial charge is 0.497 e. The smallest absolute Gasteiger partial charge is 0.433 e. The summed E-state index contributed by atoms with van der Waals surface area (Å²) in [5, 5.41) is 13.0. The van der Waals surface area contributed by atoms with E-state index in [0.29, 0.717) is 5.75 Å². The van der Waals surface area contributed by atoms with Gasteiger partial charge in [0.05, 0.1) is 13.2 Å². The summed E-state index contributed by atoms with van der Waals surface area (Å²) in [5.74, 6) is -1.74. The van der Waals surface area contributed by atoms with Crippen molar-refractivity contribution in [1.82, 2.24) is 5.32 Å². The summed E-state index contributed by atoms with van der Waals surface area (Å²) in [6.07, 6.45) is 0. The molecule has 1 amide bonds. The second-order valence-electron chi connectivity index (χ2n) is 4.60. The Labute approximate surface area is 136 Å². The first-order valence-electron chi connectivity index (χ1n) is 6.80. The van der Waals surface area contributed by atoms with Crippen LogP contribution in [-0.2, 0) is 16.1 Å². The Bertz CT molecular complexity index is 754. The molecule has 0 fully saturated rings. The van der Waals surface area contributed by atoms with Crippen molar-refractivity contribution in [3.05, 3.63) is 57.8 Å². The predicted octanol–water partition coefficient (Wildman–Crippen LogP) is 1.67. The summed E-state index contributed by atoms with van der Waals surface area (Å²) in [5.41, 5.74) is 0.815. The third-order valence-electron chi connectivity index (χ3n) is 2.93.